The van der Waals surface area contributed by atoms with Gasteiger partial charge < -0.3 is 110 Å². The summed E-state index contributed by atoms with van der Waals surface area (Å²) in [6.07, 6.45) is -5.31. The van der Waals surface area contributed by atoms with Crippen LogP contribution in [0.25, 0.3) is 11.1 Å². The average Bonchev–Trinajstić information content (AvgIpc) is 1.81. The Bertz CT molecular complexity index is 3880. The van der Waals surface area contributed by atoms with E-state index < -0.39 is 228 Å². The quantitative estimate of drug-likeness (QED) is 0.0303. The van der Waals surface area contributed by atoms with E-state index in [-0.39, 0.29) is 58.0 Å². The zero-order valence-electron chi connectivity index (χ0n) is 64.4. The Morgan fingerprint density at radius 1 is 0.558 bits per heavy atom. The maximum atomic E-state index is 14.9. The highest BCUT2D eigenvalue weighted by molar-refractivity contribution is 8.00. The van der Waals surface area contributed by atoms with Crippen molar-refractivity contribution in [3.63, 3.8) is 0 Å². The fraction of sp³-hybridized carbons (Fsp3) is 0.527. The fourth-order valence-corrected chi connectivity index (χ4v) is 13.0. The summed E-state index contributed by atoms with van der Waals surface area (Å²) in [4.78, 5) is 228. The molecule has 2 saturated heterocycles. The third kappa shape index (κ3) is 28.1. The van der Waals surface area contributed by atoms with Crippen LogP contribution < -0.4 is 75.3 Å². The number of amides is 15. The fourth-order valence-electron chi connectivity index (χ4n) is 12.1. The Kier molecular flexibility index (Phi) is 36.5. The predicted molar refractivity (Wildman–Crippen MR) is 411 cm³/mol. The highest BCUT2D eigenvalue weighted by Gasteiger charge is 2.43. The molecule has 5 rings (SSSR count). The lowest BCUT2D eigenvalue weighted by atomic mass is 9.99. The summed E-state index contributed by atoms with van der Waals surface area (Å²) in [6.45, 7) is 7.28. The molecule has 38 nitrogen and oxygen atoms in total. The number of thioether (sulfide) groups is 1. The first kappa shape index (κ1) is 92.3. The van der Waals surface area contributed by atoms with Gasteiger partial charge in [0.05, 0.1) is 37.5 Å². The molecule has 0 saturated carbocycles. The van der Waals surface area contributed by atoms with E-state index in [1.54, 1.807) is 54.6 Å². The number of carboxylic acid groups (broad SMARTS) is 1. The van der Waals surface area contributed by atoms with Gasteiger partial charge in [0.1, 0.15) is 78.5 Å². The van der Waals surface area contributed by atoms with Crippen molar-refractivity contribution in [3.05, 3.63) is 96.1 Å². The van der Waals surface area contributed by atoms with E-state index in [4.69, 9.17) is 16.9 Å². The lowest BCUT2D eigenvalue weighted by Gasteiger charge is -2.33. The number of aliphatic carboxylic acids is 1. The number of nitrogens with zero attached hydrogens (tertiary/aromatic N) is 3. The van der Waals surface area contributed by atoms with E-state index in [0.717, 1.165) is 51.4 Å². The molecule has 113 heavy (non-hydrogen) atoms. The molecule has 3 aromatic rings. The smallest absolute Gasteiger partial charge is 0.305 e. The summed E-state index contributed by atoms with van der Waals surface area (Å²) >= 11 is 0.774. The molecule has 15 amide bonds. The third-order valence-corrected chi connectivity index (χ3v) is 19.9. The molecule has 2 fully saturated rings. The van der Waals surface area contributed by atoms with Gasteiger partial charge in [-0.25, -0.2) is 0 Å². The van der Waals surface area contributed by atoms with Crippen molar-refractivity contribution in [2.45, 2.75) is 191 Å². The van der Waals surface area contributed by atoms with Crippen molar-refractivity contribution in [1.82, 2.24) is 78.5 Å². The molecule has 0 spiro atoms. The topological polar surface area (TPSA) is 584 Å². The molecule has 2 aliphatic rings. The predicted octanol–water partition coefficient (Wildman–Crippen LogP) is -5.42. The Hall–Kier alpha value is -11.3. The van der Waals surface area contributed by atoms with E-state index in [1.165, 1.54) is 48.7 Å². The molecule has 1 unspecified atom stereocenters. The van der Waals surface area contributed by atoms with Gasteiger partial charge in [0, 0.05) is 45.8 Å². The van der Waals surface area contributed by atoms with Gasteiger partial charge >= 0.3 is 5.97 Å². The maximum Gasteiger partial charge on any atom is 0.305 e. The van der Waals surface area contributed by atoms with Gasteiger partial charge in [-0.05, 0) is 88.0 Å². The van der Waals surface area contributed by atoms with Crippen molar-refractivity contribution in [2.24, 2.45) is 17.4 Å². The number of aliphatic hydroxyl groups excluding tert-OH is 3. The standard InChI is InChI=1S/C74H106N18O20S/c1-10-47-71(110)90(8)40(5)62(101)83-50(33-57(98)99)64(103)82-48(23-17-29-78-74(76)77)73(112)92-30-18-24-54(92)67(106)86-53(63(102)79-34-55(75)96)36-113-37-56(97)80-49(31-43-19-13-11-14-20-43)65(104)87-58(38(2)3)68(107)85-52(35-93)66(105)88-60(42(7)95)70(109)89-59(41(6)94)69(108)84-51(72(111)91(9)39(4)61(100)81-47)32-44-25-27-46(28-26-44)45-21-15-12-16-22-45/h11-16,19-22,25-28,38-42,47-54,58-60,93-95H,10,17-18,23-24,29-37H2,1-9H3,(H2,75,96)(H,79,102)(H,80,97)(H,81,100)(H,82,103)(H,83,101)(H,84,108)(H,85,107)(H,86,106)(H,87,104)(H,88,105)(H,89,109)(H,98,99)(H4,76,77,78)/t39-,40-,41+,42+,47-,48-,49-,50-,51-,52-,53-,54-,58?,59-,60-/m0/s1. The minimum absolute atomic E-state index is 0.0124. The Morgan fingerprint density at radius 2 is 1.04 bits per heavy atom. The van der Waals surface area contributed by atoms with Crippen LogP contribution in [0.15, 0.2) is 84.9 Å². The SMILES string of the molecule is CC[C@@H]1NC(=O)[C@H](C)N(C)C(=O)[C@H](Cc2ccc(-c3ccccc3)cc2)NC(=O)[C@H]([C@@H](C)O)NC(=O)[C@H]([C@@H](C)O)NC(=O)[C@H](CO)NC(=O)C(C(C)C)NC(=O)[C@H](Cc2ccccc2)NC(=O)CSC[C@@H](C(=O)NCC(N)=O)NC(=O)[C@@H]2CCCN2C(=O)[C@H](CCCNC(=N)N)NC(=O)[C@H](CC(=O)O)NC(=O)[C@H](C)N(C)C1=O. The molecule has 21 N–H and O–H groups in total. The average molecular weight is 1600 g/mol. The largest absolute Gasteiger partial charge is 0.481 e. The number of carbonyl (C=O) groups is 16. The monoisotopic (exact) mass is 1600 g/mol. The van der Waals surface area contributed by atoms with Crippen molar-refractivity contribution in [1.29, 1.82) is 5.41 Å². The van der Waals surface area contributed by atoms with Crippen molar-refractivity contribution >= 4 is 112 Å². The first-order chi connectivity index (χ1) is 53.4. The second-order valence-corrected chi connectivity index (χ2v) is 29.0. The molecule has 0 aromatic heterocycles. The second kappa shape index (κ2) is 44.7. The van der Waals surface area contributed by atoms with Crippen LogP contribution in [0.3, 0.4) is 0 Å². The van der Waals surface area contributed by atoms with Crippen LogP contribution in [-0.2, 0) is 89.6 Å². The first-order valence-corrected chi connectivity index (χ1v) is 38.0. The van der Waals surface area contributed by atoms with E-state index in [9.17, 15) is 97.1 Å². The van der Waals surface area contributed by atoms with Crippen molar-refractivity contribution in [3.8, 4) is 11.1 Å². The minimum Gasteiger partial charge on any atom is -0.481 e. The summed E-state index contributed by atoms with van der Waals surface area (Å²) in [5.41, 5.74) is 13.4. The molecule has 0 radical (unpaired) electrons. The Labute approximate surface area is 657 Å². The number of primary amides is 1. The highest BCUT2D eigenvalue weighted by atomic mass is 32.2. The Morgan fingerprint density at radius 3 is 1.58 bits per heavy atom. The van der Waals surface area contributed by atoms with E-state index in [0.29, 0.717) is 11.1 Å². The number of guanidine groups is 1. The number of carboxylic acids is 1. The molecule has 0 bridgehead atoms. The number of fused-ring (bicyclic) bond motifs is 1. The zero-order chi connectivity index (χ0) is 84.1. The van der Waals surface area contributed by atoms with Gasteiger partial charge in [-0.15, -0.1) is 11.8 Å². The van der Waals surface area contributed by atoms with Gasteiger partial charge in [-0.2, -0.15) is 0 Å². The number of hydrogen-bond donors (Lipinski definition) is 19. The van der Waals surface area contributed by atoms with Gasteiger partial charge in [-0.3, -0.25) is 82.1 Å². The molecule has 2 heterocycles. The van der Waals surface area contributed by atoms with Gasteiger partial charge in [-0.1, -0.05) is 106 Å². The van der Waals surface area contributed by atoms with Crippen LogP contribution in [0, 0.1) is 11.3 Å². The summed E-state index contributed by atoms with van der Waals surface area (Å²) in [7, 11) is 2.40. The van der Waals surface area contributed by atoms with Crippen molar-refractivity contribution in [2.75, 3.05) is 51.8 Å². The second-order valence-electron chi connectivity index (χ2n) is 27.9. The van der Waals surface area contributed by atoms with E-state index in [2.05, 4.69) is 63.8 Å². The van der Waals surface area contributed by atoms with Gasteiger partial charge in [0.2, 0.25) is 88.6 Å². The number of rotatable bonds is 19. The molecule has 0 aliphatic carbocycles. The number of benzene rings is 3. The van der Waals surface area contributed by atoms with E-state index in [1.807, 2.05) is 30.3 Å². The number of nitrogens with two attached hydrogens (primary N) is 2. The maximum absolute atomic E-state index is 14.9. The number of aliphatic hydroxyl groups is 3. The van der Waals surface area contributed by atoms with E-state index >= 15 is 0 Å². The molecule has 2 aliphatic heterocycles. The number of hydrogen-bond acceptors (Lipinski definition) is 21. The van der Waals surface area contributed by atoms with Crippen LogP contribution >= 0.6 is 11.8 Å². The summed E-state index contributed by atoms with van der Waals surface area (Å²) in [5.74, 6) is -19.1. The molecular formula is C74H106N18O20S. The summed E-state index contributed by atoms with van der Waals surface area (Å²) < 4.78 is 0. The lowest BCUT2D eigenvalue weighted by Crippen LogP contribution is -2.64. The lowest BCUT2D eigenvalue weighted by molar-refractivity contribution is -0.146. The molecule has 618 valence electrons. The zero-order valence-corrected chi connectivity index (χ0v) is 65.3. The van der Waals surface area contributed by atoms with Crippen molar-refractivity contribution < 1.29 is 97.1 Å². The van der Waals surface area contributed by atoms with Crippen LogP contribution in [0.4, 0.5) is 0 Å². The molecule has 3 aromatic carbocycles. The highest BCUT2D eigenvalue weighted by Crippen LogP contribution is 2.23. The van der Waals surface area contributed by atoms with Crippen LogP contribution in [0.5, 0.6) is 0 Å². The van der Waals surface area contributed by atoms with Gasteiger partial charge in [0.15, 0.2) is 5.96 Å². The number of likely N-dealkylation sites (N-methyl/N-ethyl adjacent to an activating group) is 2. The van der Waals surface area contributed by atoms with Crippen LogP contribution in [0.1, 0.15) is 98.1 Å². The molecule has 39 heteroatoms. The molecule has 15 atom stereocenters. The van der Waals surface area contributed by atoms with Crippen LogP contribution in [0.2, 0.25) is 0 Å². The Balaban J connectivity index is 1.56. The molecular weight excluding hydrogens is 1490 g/mol. The normalized spacial score (nSPS) is 25.4. The minimum atomic E-state index is -2.00. The number of carbonyl (C=O) groups excluding carboxylic acids is 15. The first-order valence-electron chi connectivity index (χ1n) is 36.8. The number of nitrogens with one attached hydrogen (secondary N) is 13. The summed E-state index contributed by atoms with van der Waals surface area (Å²) in [6, 6.07) is 3.08. The third-order valence-electron chi connectivity index (χ3n) is 18.9. The summed E-state index contributed by atoms with van der Waals surface area (Å²) in [5, 5.41) is 79.9. The van der Waals surface area contributed by atoms with Gasteiger partial charge in [0.25, 0.3) is 0 Å². The van der Waals surface area contributed by atoms with Crippen LogP contribution in [-0.4, -0.2) is 278 Å².